The Bertz CT molecular complexity index is 1500. The van der Waals surface area contributed by atoms with Crippen LogP contribution in [-0.2, 0) is 38.4 Å². The van der Waals surface area contributed by atoms with E-state index in [1.54, 1.807) is 23.2 Å². The van der Waals surface area contributed by atoms with Gasteiger partial charge in [0, 0.05) is 35.0 Å². The van der Waals surface area contributed by atoms with Crippen LogP contribution in [0.15, 0.2) is 46.2 Å². The number of thiazole rings is 1. The van der Waals surface area contributed by atoms with Crippen LogP contribution in [0.4, 0.5) is 8.78 Å². The van der Waals surface area contributed by atoms with Gasteiger partial charge in [-0.2, -0.15) is 5.10 Å². The van der Waals surface area contributed by atoms with Crippen LogP contribution >= 0.6 is 22.9 Å². The van der Waals surface area contributed by atoms with Crippen molar-refractivity contribution < 1.29 is 27.8 Å². The van der Waals surface area contributed by atoms with E-state index >= 15 is 0 Å². The predicted octanol–water partition coefficient (Wildman–Crippen LogP) is 4.55. The average molecular weight is 590 g/mol. The van der Waals surface area contributed by atoms with Gasteiger partial charge in [0.1, 0.15) is 6.04 Å². The van der Waals surface area contributed by atoms with Gasteiger partial charge in [-0.25, -0.2) is 18.6 Å². The number of nitrogens with one attached hydrogen (secondary N) is 1. The summed E-state index contributed by atoms with van der Waals surface area (Å²) < 4.78 is 40.5. The summed E-state index contributed by atoms with van der Waals surface area (Å²) >= 11 is 7.63. The number of nitrogens with zero attached hydrogens (tertiary/aromatic N) is 4. The number of aryl methyl sites for hydroxylation is 2. The standard InChI is InChI=1S/C27H26ClF2N5O4S/c1-3-39-27(37)20-23(14-4-7-18-15(12-14)13-35(34-18)10-8-19(36)38-2)32-25(26-31-9-11-40-26)33-24(20)16-5-6-17(29)22(30)21(16)28/h5-6,9,11,13-14,24H,3-4,7-8,10,12H2,1-2H3,(H,32,33). The van der Waals surface area contributed by atoms with Crippen molar-refractivity contribution in [2.45, 2.75) is 45.2 Å². The Balaban J connectivity index is 1.57. The van der Waals surface area contributed by atoms with E-state index in [-0.39, 0.29) is 36.1 Å². The molecule has 0 radical (unpaired) electrons. The molecule has 0 fully saturated rings. The summed E-state index contributed by atoms with van der Waals surface area (Å²) in [5.41, 5.74) is 2.80. The number of aromatic nitrogens is 3. The highest BCUT2D eigenvalue weighted by molar-refractivity contribution is 7.11. The number of rotatable bonds is 8. The number of carbonyl (C=O) groups is 2. The highest BCUT2D eigenvalue weighted by atomic mass is 35.5. The van der Waals surface area contributed by atoms with Gasteiger partial charge in [-0.3, -0.25) is 14.5 Å². The van der Waals surface area contributed by atoms with Crippen molar-refractivity contribution in [2.75, 3.05) is 13.7 Å². The molecule has 2 aromatic heterocycles. The molecular weight excluding hydrogens is 564 g/mol. The first-order valence-electron chi connectivity index (χ1n) is 12.7. The minimum atomic E-state index is -1.21. The minimum absolute atomic E-state index is 0.110. The number of amidine groups is 1. The van der Waals surface area contributed by atoms with Crippen LogP contribution in [0.1, 0.15) is 47.6 Å². The molecule has 1 aliphatic carbocycles. The number of halogens is 3. The molecule has 3 aromatic rings. The summed E-state index contributed by atoms with van der Waals surface area (Å²) in [6.45, 7) is 2.18. The zero-order chi connectivity index (χ0) is 28.4. The van der Waals surface area contributed by atoms with Crippen molar-refractivity contribution in [3.05, 3.63) is 79.7 Å². The van der Waals surface area contributed by atoms with E-state index in [1.807, 2.05) is 6.20 Å². The van der Waals surface area contributed by atoms with E-state index in [1.165, 1.54) is 24.5 Å². The van der Waals surface area contributed by atoms with Gasteiger partial charge in [-0.1, -0.05) is 17.7 Å². The summed E-state index contributed by atoms with van der Waals surface area (Å²) in [6.07, 6.45) is 5.55. The van der Waals surface area contributed by atoms with Gasteiger partial charge in [0.15, 0.2) is 22.5 Å². The quantitative estimate of drug-likeness (QED) is 0.303. The first-order chi connectivity index (χ1) is 19.3. The Hall–Kier alpha value is -3.64. The molecule has 1 aromatic carbocycles. The third kappa shape index (κ3) is 5.50. The maximum Gasteiger partial charge on any atom is 0.338 e. The second kappa shape index (κ2) is 11.8. The predicted molar refractivity (Wildman–Crippen MR) is 144 cm³/mol. The molecule has 2 unspecified atom stereocenters. The Labute approximate surface area is 237 Å². The molecule has 0 saturated carbocycles. The Morgan fingerprint density at radius 1 is 1.30 bits per heavy atom. The number of carbonyl (C=O) groups excluding carboxylic acids is 2. The van der Waals surface area contributed by atoms with Gasteiger partial charge in [-0.15, -0.1) is 11.3 Å². The van der Waals surface area contributed by atoms with Gasteiger partial charge in [0.05, 0.1) is 43.0 Å². The third-order valence-electron chi connectivity index (χ3n) is 6.87. The van der Waals surface area contributed by atoms with Gasteiger partial charge in [-0.05, 0) is 37.8 Å². The number of aliphatic imine (C=N–C) groups is 1. The van der Waals surface area contributed by atoms with Crippen LogP contribution in [0, 0.1) is 17.6 Å². The molecular formula is C27H26ClF2N5O4S. The molecule has 9 nitrogen and oxygen atoms in total. The summed E-state index contributed by atoms with van der Waals surface area (Å²) in [7, 11) is 1.34. The van der Waals surface area contributed by atoms with Crippen molar-refractivity contribution in [1.29, 1.82) is 0 Å². The molecule has 2 aliphatic rings. The topological polar surface area (TPSA) is 108 Å². The molecule has 1 aliphatic heterocycles. The Kier molecular flexibility index (Phi) is 8.27. The zero-order valence-corrected chi connectivity index (χ0v) is 23.3. The number of esters is 2. The number of benzene rings is 1. The maximum absolute atomic E-state index is 14.6. The smallest absolute Gasteiger partial charge is 0.338 e. The molecule has 2 atom stereocenters. The normalized spacial score (nSPS) is 18.6. The van der Waals surface area contributed by atoms with Crippen LogP contribution < -0.4 is 5.32 Å². The number of hydrogen-bond acceptors (Lipinski definition) is 9. The van der Waals surface area contributed by atoms with E-state index in [0.717, 1.165) is 17.3 Å². The van der Waals surface area contributed by atoms with Crippen LogP contribution in [-0.4, -0.2) is 46.3 Å². The fraction of sp³-hybridized carbons (Fsp3) is 0.370. The Morgan fingerprint density at radius 2 is 2.12 bits per heavy atom. The van der Waals surface area contributed by atoms with E-state index in [2.05, 4.69) is 15.4 Å². The summed E-state index contributed by atoms with van der Waals surface area (Å²) in [5.74, 6) is -3.05. The van der Waals surface area contributed by atoms with E-state index in [0.29, 0.717) is 42.3 Å². The zero-order valence-electron chi connectivity index (χ0n) is 21.7. The highest BCUT2D eigenvalue weighted by Gasteiger charge is 2.38. The van der Waals surface area contributed by atoms with E-state index in [4.69, 9.17) is 26.1 Å². The lowest BCUT2D eigenvalue weighted by molar-refractivity contribution is -0.141. The monoisotopic (exact) mass is 589 g/mol. The Morgan fingerprint density at radius 3 is 2.85 bits per heavy atom. The summed E-state index contributed by atoms with van der Waals surface area (Å²) in [4.78, 5) is 34.1. The average Bonchev–Trinajstić information content (AvgIpc) is 3.64. The second-order valence-electron chi connectivity index (χ2n) is 9.28. The number of methoxy groups -OCH3 is 1. The maximum atomic E-state index is 14.6. The van der Waals surface area contributed by atoms with Gasteiger partial charge in [0.2, 0.25) is 0 Å². The first kappa shape index (κ1) is 27.9. The van der Waals surface area contributed by atoms with Crippen LogP contribution in [0.25, 0.3) is 0 Å². The molecule has 0 bridgehead atoms. The lowest BCUT2D eigenvalue weighted by atomic mass is 9.81. The second-order valence-corrected chi connectivity index (χ2v) is 10.6. The number of hydrogen-bond donors (Lipinski definition) is 1. The van der Waals surface area contributed by atoms with Crippen molar-refractivity contribution in [2.24, 2.45) is 10.9 Å². The van der Waals surface area contributed by atoms with Crippen molar-refractivity contribution in [3.8, 4) is 0 Å². The van der Waals surface area contributed by atoms with Crippen LogP contribution in [0.3, 0.4) is 0 Å². The largest absolute Gasteiger partial charge is 0.469 e. The van der Waals surface area contributed by atoms with Gasteiger partial charge in [0.25, 0.3) is 0 Å². The summed E-state index contributed by atoms with van der Waals surface area (Å²) in [5, 5.41) is 9.85. The van der Waals surface area contributed by atoms with Crippen LogP contribution in [0.5, 0.6) is 0 Å². The molecule has 1 N–H and O–H groups in total. The minimum Gasteiger partial charge on any atom is -0.469 e. The molecule has 0 saturated heterocycles. The molecule has 13 heteroatoms. The molecule has 210 valence electrons. The molecule has 0 spiro atoms. The van der Waals surface area contributed by atoms with Gasteiger partial charge < -0.3 is 14.8 Å². The van der Waals surface area contributed by atoms with E-state index < -0.39 is 28.7 Å². The van der Waals surface area contributed by atoms with Crippen molar-refractivity contribution in [3.63, 3.8) is 0 Å². The van der Waals surface area contributed by atoms with Crippen molar-refractivity contribution >= 4 is 40.7 Å². The number of fused-ring (bicyclic) bond motifs is 1. The summed E-state index contributed by atoms with van der Waals surface area (Å²) in [6, 6.07) is 1.25. The SMILES string of the molecule is CCOC(=O)C1=C(C2CCc3nn(CCC(=O)OC)cc3C2)NC(c2nccs2)=NC1c1ccc(F)c(F)c1Cl. The fourth-order valence-corrected chi connectivity index (χ4v) is 5.82. The fourth-order valence-electron chi connectivity index (χ4n) is 4.98. The lowest BCUT2D eigenvalue weighted by Crippen LogP contribution is -2.38. The number of ether oxygens (including phenoxy) is 2. The number of allylic oxidation sites excluding steroid dienone is 1. The molecule has 3 heterocycles. The van der Waals surface area contributed by atoms with Gasteiger partial charge >= 0.3 is 11.9 Å². The molecule has 0 amide bonds. The third-order valence-corrected chi connectivity index (χ3v) is 8.03. The van der Waals surface area contributed by atoms with Crippen LogP contribution in [0.2, 0.25) is 5.02 Å². The molecule has 40 heavy (non-hydrogen) atoms. The molecule has 5 rings (SSSR count). The first-order valence-corrected chi connectivity index (χ1v) is 14.0. The van der Waals surface area contributed by atoms with Crippen molar-refractivity contribution in [1.82, 2.24) is 20.1 Å². The van der Waals surface area contributed by atoms with E-state index in [9.17, 15) is 18.4 Å². The lowest BCUT2D eigenvalue weighted by Gasteiger charge is -2.33. The highest BCUT2D eigenvalue weighted by Crippen LogP contribution is 2.41.